The van der Waals surface area contributed by atoms with Crippen molar-refractivity contribution >= 4 is 28.9 Å². The topological polar surface area (TPSA) is 88.5 Å². The predicted octanol–water partition coefficient (Wildman–Crippen LogP) is 3.75. The summed E-state index contributed by atoms with van der Waals surface area (Å²) in [4.78, 5) is 21.6. The molecule has 0 aliphatic heterocycles. The number of aromatic nitrogens is 5. The normalized spacial score (nSPS) is 10.5. The first-order valence-electron chi connectivity index (χ1n) is 7.96. The van der Waals surface area contributed by atoms with E-state index in [1.54, 1.807) is 36.0 Å². The molecule has 4 aromatic heterocycles. The number of thiazole rings is 1. The summed E-state index contributed by atoms with van der Waals surface area (Å²) < 4.78 is 0. The molecular formula is C18H15N7S. The van der Waals surface area contributed by atoms with Gasteiger partial charge in [0.2, 0.25) is 5.95 Å². The van der Waals surface area contributed by atoms with Crippen molar-refractivity contribution in [1.82, 2.24) is 24.9 Å². The van der Waals surface area contributed by atoms with E-state index in [0.717, 1.165) is 27.9 Å². The molecule has 4 aromatic rings. The molecule has 0 aliphatic carbocycles. The highest BCUT2D eigenvalue weighted by Crippen LogP contribution is 2.22. The van der Waals surface area contributed by atoms with Crippen molar-refractivity contribution in [3.63, 3.8) is 0 Å². The second-order valence-corrected chi connectivity index (χ2v) is 6.24. The Morgan fingerprint density at radius 1 is 0.846 bits per heavy atom. The third-order valence-electron chi connectivity index (χ3n) is 3.50. The molecule has 0 bridgehead atoms. The molecule has 0 atom stereocenters. The number of pyridine rings is 2. The second kappa shape index (κ2) is 7.66. The van der Waals surface area contributed by atoms with Crippen molar-refractivity contribution in [2.45, 2.75) is 6.54 Å². The lowest BCUT2D eigenvalue weighted by Crippen LogP contribution is -2.04. The molecule has 4 rings (SSSR count). The van der Waals surface area contributed by atoms with Crippen molar-refractivity contribution in [3.8, 4) is 10.7 Å². The Morgan fingerprint density at radius 3 is 2.54 bits per heavy atom. The van der Waals surface area contributed by atoms with E-state index in [1.165, 1.54) is 0 Å². The van der Waals surface area contributed by atoms with Gasteiger partial charge in [0, 0.05) is 36.7 Å². The molecule has 2 N–H and O–H groups in total. The Balaban J connectivity index is 1.40. The summed E-state index contributed by atoms with van der Waals surface area (Å²) in [7, 11) is 0. The van der Waals surface area contributed by atoms with Crippen LogP contribution in [0.5, 0.6) is 0 Å². The summed E-state index contributed by atoms with van der Waals surface area (Å²) >= 11 is 1.56. The van der Waals surface area contributed by atoms with Crippen LogP contribution in [0.4, 0.5) is 17.6 Å². The lowest BCUT2D eigenvalue weighted by atomic mass is 10.3. The van der Waals surface area contributed by atoms with E-state index in [0.29, 0.717) is 12.5 Å². The quantitative estimate of drug-likeness (QED) is 0.541. The van der Waals surface area contributed by atoms with Gasteiger partial charge in [-0.15, -0.1) is 11.3 Å². The Morgan fingerprint density at radius 2 is 1.77 bits per heavy atom. The standard InChI is InChI=1S/C18H15N7S/c1-3-14(17-19-9-10-26-17)24-16(4-1)25-15-6-5-13(11-22-15)12-23-18-20-7-2-8-21-18/h1-11H,12H2,(H,20,21,23)(H,22,24,25). The number of rotatable bonds is 6. The fourth-order valence-corrected chi connectivity index (χ4v) is 2.89. The second-order valence-electron chi connectivity index (χ2n) is 5.35. The van der Waals surface area contributed by atoms with Crippen LogP contribution in [0.2, 0.25) is 0 Å². The largest absolute Gasteiger partial charge is 0.350 e. The number of hydrogen-bond donors (Lipinski definition) is 2. The Kier molecular flexibility index (Phi) is 4.74. The maximum absolute atomic E-state index is 4.58. The van der Waals surface area contributed by atoms with Crippen LogP contribution in [0, 0.1) is 0 Å². The lowest BCUT2D eigenvalue weighted by Gasteiger charge is -2.08. The molecule has 0 spiro atoms. The zero-order chi connectivity index (χ0) is 17.6. The molecule has 0 unspecified atom stereocenters. The smallest absolute Gasteiger partial charge is 0.222 e. The Labute approximate surface area is 154 Å². The molecule has 0 aliphatic rings. The van der Waals surface area contributed by atoms with Crippen molar-refractivity contribution in [3.05, 3.63) is 72.1 Å². The molecule has 128 valence electrons. The van der Waals surface area contributed by atoms with E-state index in [9.17, 15) is 0 Å². The van der Waals surface area contributed by atoms with Crippen LogP contribution < -0.4 is 10.6 Å². The zero-order valence-corrected chi connectivity index (χ0v) is 14.5. The summed E-state index contributed by atoms with van der Waals surface area (Å²) in [5.41, 5.74) is 1.88. The third-order valence-corrected chi connectivity index (χ3v) is 4.29. The maximum Gasteiger partial charge on any atom is 0.222 e. The summed E-state index contributed by atoms with van der Waals surface area (Å²) in [6, 6.07) is 11.5. The first kappa shape index (κ1) is 16.1. The van der Waals surface area contributed by atoms with Crippen LogP contribution in [0.25, 0.3) is 10.7 Å². The van der Waals surface area contributed by atoms with Crippen LogP contribution >= 0.6 is 11.3 Å². The lowest BCUT2D eigenvalue weighted by molar-refractivity contribution is 1.04. The van der Waals surface area contributed by atoms with Gasteiger partial charge in [0.05, 0.1) is 0 Å². The minimum atomic E-state index is 0.595. The summed E-state index contributed by atoms with van der Waals surface area (Å²) in [5.74, 6) is 2.06. The first-order chi connectivity index (χ1) is 12.9. The van der Waals surface area contributed by atoms with Gasteiger partial charge in [-0.2, -0.15) is 0 Å². The highest BCUT2D eigenvalue weighted by Gasteiger charge is 2.04. The van der Waals surface area contributed by atoms with E-state index in [2.05, 4.69) is 35.6 Å². The fraction of sp³-hybridized carbons (Fsp3) is 0.0556. The fourth-order valence-electron chi connectivity index (χ4n) is 2.28. The van der Waals surface area contributed by atoms with Gasteiger partial charge in [0.25, 0.3) is 0 Å². The number of anilines is 3. The summed E-state index contributed by atoms with van der Waals surface area (Å²) in [6.07, 6.45) is 6.99. The zero-order valence-electron chi connectivity index (χ0n) is 13.7. The van der Waals surface area contributed by atoms with Gasteiger partial charge in [-0.3, -0.25) is 0 Å². The van der Waals surface area contributed by atoms with E-state index in [4.69, 9.17) is 0 Å². The molecule has 0 saturated carbocycles. The minimum Gasteiger partial charge on any atom is -0.350 e. The van der Waals surface area contributed by atoms with Crippen LogP contribution in [0.3, 0.4) is 0 Å². The molecule has 0 aromatic carbocycles. The summed E-state index contributed by atoms with van der Waals surface area (Å²) in [5, 5.41) is 9.20. The van der Waals surface area contributed by atoms with Crippen LogP contribution in [-0.2, 0) is 6.54 Å². The van der Waals surface area contributed by atoms with Gasteiger partial charge in [-0.05, 0) is 29.8 Å². The van der Waals surface area contributed by atoms with Gasteiger partial charge >= 0.3 is 0 Å². The SMILES string of the molecule is c1cnc(NCc2ccc(Nc3cccc(-c4nccs4)n3)nc2)nc1. The molecule has 0 fully saturated rings. The van der Waals surface area contributed by atoms with Crippen molar-refractivity contribution in [2.75, 3.05) is 10.6 Å². The van der Waals surface area contributed by atoms with E-state index < -0.39 is 0 Å². The van der Waals surface area contributed by atoms with Crippen LogP contribution in [-0.4, -0.2) is 24.9 Å². The van der Waals surface area contributed by atoms with Crippen LogP contribution in [0.15, 0.2) is 66.6 Å². The summed E-state index contributed by atoms with van der Waals surface area (Å²) in [6.45, 7) is 0.606. The van der Waals surface area contributed by atoms with Gasteiger partial charge in [-0.25, -0.2) is 24.9 Å². The van der Waals surface area contributed by atoms with Gasteiger partial charge in [0.1, 0.15) is 22.3 Å². The Bertz CT molecular complexity index is 957. The average Bonchev–Trinajstić information content (AvgIpc) is 3.23. The maximum atomic E-state index is 4.58. The number of nitrogens with zero attached hydrogens (tertiary/aromatic N) is 5. The average molecular weight is 361 g/mol. The van der Waals surface area contributed by atoms with Crippen molar-refractivity contribution in [2.24, 2.45) is 0 Å². The number of hydrogen-bond acceptors (Lipinski definition) is 8. The van der Waals surface area contributed by atoms with Crippen molar-refractivity contribution < 1.29 is 0 Å². The van der Waals surface area contributed by atoms with Crippen LogP contribution in [0.1, 0.15) is 5.56 Å². The minimum absolute atomic E-state index is 0.595. The van der Waals surface area contributed by atoms with Gasteiger partial charge < -0.3 is 10.6 Å². The highest BCUT2D eigenvalue weighted by atomic mass is 32.1. The van der Waals surface area contributed by atoms with Gasteiger partial charge in [0.15, 0.2) is 0 Å². The number of nitrogens with one attached hydrogen (secondary N) is 2. The van der Waals surface area contributed by atoms with Crippen molar-refractivity contribution in [1.29, 1.82) is 0 Å². The molecule has 0 saturated heterocycles. The molecular weight excluding hydrogens is 346 g/mol. The third kappa shape index (κ3) is 3.98. The molecule has 8 heteroatoms. The Hall–Kier alpha value is -3.39. The van der Waals surface area contributed by atoms with Gasteiger partial charge in [-0.1, -0.05) is 12.1 Å². The molecule has 0 amide bonds. The molecule has 0 radical (unpaired) electrons. The van der Waals surface area contributed by atoms with E-state index >= 15 is 0 Å². The molecule has 7 nitrogen and oxygen atoms in total. The molecule has 4 heterocycles. The monoisotopic (exact) mass is 361 g/mol. The molecule has 26 heavy (non-hydrogen) atoms. The van der Waals surface area contributed by atoms with E-state index in [1.807, 2.05) is 41.9 Å². The predicted molar refractivity (Wildman–Crippen MR) is 102 cm³/mol. The first-order valence-corrected chi connectivity index (χ1v) is 8.84. The highest BCUT2D eigenvalue weighted by molar-refractivity contribution is 7.13. The van der Waals surface area contributed by atoms with E-state index in [-0.39, 0.29) is 0 Å².